The molecule has 1 fully saturated rings. The number of hydrogen-bond donors (Lipinski definition) is 4. The largest absolute Gasteiger partial charge is 0.388 e. The summed E-state index contributed by atoms with van der Waals surface area (Å²) in [7, 11) is -2.91. The van der Waals surface area contributed by atoms with Crippen LogP contribution in [0.15, 0.2) is 43.1 Å². The number of rotatable bonds is 9. The number of carbonyl (C=O) groups is 1. The van der Waals surface area contributed by atoms with Gasteiger partial charge in [-0.2, -0.15) is 18.2 Å². The molecule has 0 radical (unpaired) electrons. The van der Waals surface area contributed by atoms with Gasteiger partial charge in [0.25, 0.3) is 0 Å². The number of aliphatic hydroxyl groups is 2. The van der Waals surface area contributed by atoms with E-state index in [1.807, 2.05) is 23.8 Å². The van der Waals surface area contributed by atoms with E-state index in [2.05, 4.69) is 25.4 Å². The Bertz CT molecular complexity index is 1310. The van der Waals surface area contributed by atoms with Gasteiger partial charge in [-0.05, 0) is 30.7 Å². The van der Waals surface area contributed by atoms with Crippen LogP contribution in [0, 0.1) is 6.92 Å². The molecular weight excluding hydrogens is 478 g/mol. The topological polar surface area (TPSA) is 181 Å². The lowest BCUT2D eigenvalue weighted by Crippen LogP contribution is -2.38. The van der Waals surface area contributed by atoms with Crippen molar-refractivity contribution in [2.45, 2.75) is 44.2 Å². The first-order chi connectivity index (χ1) is 16.7. The normalized spacial score (nSPS) is 22.3. The van der Waals surface area contributed by atoms with Crippen LogP contribution in [-0.2, 0) is 21.0 Å². The van der Waals surface area contributed by atoms with E-state index < -0.39 is 40.4 Å². The van der Waals surface area contributed by atoms with Crippen molar-refractivity contribution in [1.82, 2.24) is 29.5 Å². The molecule has 3 aromatic heterocycles. The lowest BCUT2D eigenvalue weighted by Gasteiger charge is -2.19. The molecule has 3 aromatic rings. The predicted molar refractivity (Wildman–Crippen MR) is 123 cm³/mol. The van der Waals surface area contributed by atoms with E-state index >= 15 is 0 Å². The van der Waals surface area contributed by atoms with Crippen LogP contribution in [0.5, 0.6) is 0 Å². The van der Waals surface area contributed by atoms with Crippen LogP contribution < -0.4 is 10.0 Å². The molecule has 13 nitrogen and oxygen atoms in total. The van der Waals surface area contributed by atoms with E-state index in [0.717, 1.165) is 11.3 Å². The predicted octanol–water partition coefficient (Wildman–Crippen LogP) is -0.589. The Labute approximate surface area is 201 Å². The zero-order valence-electron chi connectivity index (χ0n) is 18.9. The van der Waals surface area contributed by atoms with Gasteiger partial charge in [0.05, 0.1) is 23.8 Å². The maximum Gasteiger partial charge on any atom is 0.335 e. The van der Waals surface area contributed by atoms with Crippen LogP contribution >= 0.6 is 0 Å². The summed E-state index contributed by atoms with van der Waals surface area (Å²) in [6, 6.07) is 4.54. The van der Waals surface area contributed by atoms with Gasteiger partial charge in [-0.25, -0.2) is 9.97 Å². The SMILES string of the molecule is CNS(=O)(=O)O[C@@H]1C[C@@H](Nc2ncncc2C(=O)c2ccn(Cc3cc(C)ccn3)n2)[C@H](O)[C@H]1O. The van der Waals surface area contributed by atoms with Gasteiger partial charge in [0.2, 0.25) is 5.78 Å². The van der Waals surface area contributed by atoms with Crippen LogP contribution in [0.1, 0.15) is 33.7 Å². The van der Waals surface area contributed by atoms with Crippen molar-refractivity contribution in [2.24, 2.45) is 0 Å². The number of carbonyl (C=O) groups excluding carboxylic acids is 1. The number of ketones is 1. The number of pyridine rings is 1. The molecule has 14 heteroatoms. The fourth-order valence-electron chi connectivity index (χ4n) is 3.78. The second kappa shape index (κ2) is 10.1. The molecule has 1 aliphatic rings. The van der Waals surface area contributed by atoms with Gasteiger partial charge in [-0.15, -0.1) is 0 Å². The lowest BCUT2D eigenvalue weighted by atomic mass is 10.1. The first kappa shape index (κ1) is 24.8. The van der Waals surface area contributed by atoms with Crippen molar-refractivity contribution >= 4 is 21.9 Å². The summed E-state index contributed by atoms with van der Waals surface area (Å²) < 4.78 is 31.8. The summed E-state index contributed by atoms with van der Waals surface area (Å²) in [5.74, 6) is -0.351. The number of aromatic nitrogens is 5. The molecule has 1 aliphatic carbocycles. The Morgan fingerprint density at radius 1 is 1.26 bits per heavy atom. The van der Waals surface area contributed by atoms with Gasteiger partial charge in [0.1, 0.15) is 36.2 Å². The third-order valence-corrected chi connectivity index (χ3v) is 6.58. The fraction of sp³-hybridized carbons (Fsp3) is 0.381. The zero-order valence-corrected chi connectivity index (χ0v) is 19.8. The van der Waals surface area contributed by atoms with Crippen molar-refractivity contribution < 1.29 is 27.6 Å². The van der Waals surface area contributed by atoms with Crippen molar-refractivity contribution in [2.75, 3.05) is 12.4 Å². The van der Waals surface area contributed by atoms with Crippen molar-refractivity contribution in [3.05, 3.63) is 65.6 Å². The third kappa shape index (κ3) is 5.68. The van der Waals surface area contributed by atoms with E-state index in [1.54, 1.807) is 23.1 Å². The molecule has 0 aromatic carbocycles. The van der Waals surface area contributed by atoms with Crippen LogP contribution in [0.25, 0.3) is 0 Å². The summed E-state index contributed by atoms with van der Waals surface area (Å²) >= 11 is 0. The van der Waals surface area contributed by atoms with E-state index in [9.17, 15) is 23.4 Å². The molecule has 3 heterocycles. The van der Waals surface area contributed by atoms with Gasteiger partial charge in [0.15, 0.2) is 0 Å². The third-order valence-electron chi connectivity index (χ3n) is 5.58. The van der Waals surface area contributed by atoms with Gasteiger partial charge in [-0.3, -0.25) is 18.6 Å². The summed E-state index contributed by atoms with van der Waals surface area (Å²) in [6.45, 7) is 2.34. The van der Waals surface area contributed by atoms with Crippen LogP contribution in [0.3, 0.4) is 0 Å². The minimum absolute atomic E-state index is 0.0566. The van der Waals surface area contributed by atoms with Crippen molar-refractivity contribution in [3.63, 3.8) is 0 Å². The molecular formula is C21H25N7O6S. The quantitative estimate of drug-likeness (QED) is 0.274. The molecule has 186 valence electrons. The molecule has 0 bridgehead atoms. The summed E-state index contributed by atoms with van der Waals surface area (Å²) in [5, 5.41) is 27.9. The maximum absolute atomic E-state index is 13.2. The Hall–Kier alpha value is -3.30. The molecule has 4 atom stereocenters. The molecule has 0 aliphatic heterocycles. The number of aryl methyl sites for hydroxylation is 1. The van der Waals surface area contributed by atoms with Gasteiger partial charge in [-0.1, -0.05) is 0 Å². The average Bonchev–Trinajstić information content (AvgIpc) is 3.39. The lowest BCUT2D eigenvalue weighted by molar-refractivity contribution is -0.00882. The van der Waals surface area contributed by atoms with Gasteiger partial charge >= 0.3 is 10.3 Å². The van der Waals surface area contributed by atoms with E-state index in [1.165, 1.54) is 19.6 Å². The molecule has 35 heavy (non-hydrogen) atoms. The summed E-state index contributed by atoms with van der Waals surface area (Å²) in [4.78, 5) is 25.5. The summed E-state index contributed by atoms with van der Waals surface area (Å²) in [6.07, 6.45) is 1.82. The fourth-order valence-corrected chi connectivity index (χ4v) is 4.40. The van der Waals surface area contributed by atoms with Crippen LogP contribution in [0.2, 0.25) is 0 Å². The molecule has 4 N–H and O–H groups in total. The van der Waals surface area contributed by atoms with E-state index in [0.29, 0.717) is 6.54 Å². The first-order valence-corrected chi connectivity index (χ1v) is 12.1. The number of nitrogens with zero attached hydrogens (tertiary/aromatic N) is 5. The Morgan fingerprint density at radius 3 is 2.80 bits per heavy atom. The Morgan fingerprint density at radius 2 is 2.06 bits per heavy atom. The minimum Gasteiger partial charge on any atom is -0.388 e. The standard InChI is InChI=1S/C21H25N7O6S/c1-12-3-5-24-13(7-12)10-28-6-4-15(27-28)18(29)14-9-23-11-25-21(14)26-16-8-17(20(31)19(16)30)34-35(32,33)22-2/h3-7,9,11,16-17,19-20,22,30-31H,8,10H2,1-2H3,(H,23,25,26)/t16-,17-,19+,20+/m1/s1. The van der Waals surface area contributed by atoms with Crippen molar-refractivity contribution in [3.8, 4) is 0 Å². The molecule has 4 rings (SSSR count). The highest BCUT2D eigenvalue weighted by Crippen LogP contribution is 2.28. The molecule has 0 saturated heterocycles. The van der Waals surface area contributed by atoms with Gasteiger partial charge < -0.3 is 15.5 Å². The molecule has 0 amide bonds. The Kier molecular flexibility index (Phi) is 7.18. The monoisotopic (exact) mass is 503 g/mol. The number of anilines is 1. The highest BCUT2D eigenvalue weighted by atomic mass is 32.2. The number of hydrogen-bond acceptors (Lipinski definition) is 11. The molecule has 0 spiro atoms. The second-order valence-corrected chi connectivity index (χ2v) is 9.61. The summed E-state index contributed by atoms with van der Waals surface area (Å²) in [5.41, 5.74) is 2.11. The molecule has 0 unspecified atom stereocenters. The smallest absolute Gasteiger partial charge is 0.335 e. The van der Waals surface area contributed by atoms with E-state index in [4.69, 9.17) is 4.18 Å². The van der Waals surface area contributed by atoms with Crippen LogP contribution in [-0.4, -0.2) is 80.5 Å². The zero-order chi connectivity index (χ0) is 25.2. The average molecular weight is 504 g/mol. The van der Waals surface area contributed by atoms with Crippen LogP contribution in [0.4, 0.5) is 5.82 Å². The number of nitrogens with one attached hydrogen (secondary N) is 2. The minimum atomic E-state index is -4.08. The highest BCUT2D eigenvalue weighted by Gasteiger charge is 2.44. The Balaban J connectivity index is 1.50. The van der Waals surface area contributed by atoms with Crippen molar-refractivity contribution in [1.29, 1.82) is 0 Å². The number of aliphatic hydroxyl groups excluding tert-OH is 2. The highest BCUT2D eigenvalue weighted by molar-refractivity contribution is 7.84. The van der Waals surface area contributed by atoms with E-state index in [-0.39, 0.29) is 23.5 Å². The van der Waals surface area contributed by atoms with Gasteiger partial charge in [0, 0.05) is 32.1 Å². The first-order valence-electron chi connectivity index (χ1n) is 10.7. The second-order valence-electron chi connectivity index (χ2n) is 8.10. The maximum atomic E-state index is 13.2. The molecule has 1 saturated carbocycles.